The van der Waals surface area contributed by atoms with E-state index in [2.05, 4.69) is 89.5 Å². The summed E-state index contributed by atoms with van der Waals surface area (Å²) < 4.78 is 0. The van der Waals surface area contributed by atoms with Gasteiger partial charge in [-0.3, -0.25) is 0 Å². The van der Waals surface area contributed by atoms with Gasteiger partial charge >= 0.3 is 0 Å². The van der Waals surface area contributed by atoms with Crippen molar-refractivity contribution in [1.82, 2.24) is 0 Å². The van der Waals surface area contributed by atoms with Crippen molar-refractivity contribution in [2.45, 2.75) is 41.5 Å². The van der Waals surface area contributed by atoms with Crippen LogP contribution in [-0.2, 0) is 0 Å². The molecule has 0 spiro atoms. The molecular weight excluding hydrogens is 536 g/mol. The lowest BCUT2D eigenvalue weighted by Crippen LogP contribution is -1.95. The first-order valence-electron chi connectivity index (χ1n) is 14.8. The Hall–Kier alpha value is -5.44. The van der Waals surface area contributed by atoms with Gasteiger partial charge in [-0.25, -0.2) is 0 Å². The fourth-order valence-electron chi connectivity index (χ4n) is 6.37. The summed E-state index contributed by atoms with van der Waals surface area (Å²) in [4.78, 5) is 0. The first-order chi connectivity index (χ1) is 21.1. The highest BCUT2D eigenvalue weighted by Gasteiger charge is 2.22. The smallest absolute Gasteiger partial charge is 0.132 e. The van der Waals surface area contributed by atoms with E-state index in [0.717, 1.165) is 44.2 Å². The summed E-state index contributed by atoms with van der Waals surface area (Å²) in [5.41, 5.74) is 10.9. The summed E-state index contributed by atoms with van der Waals surface area (Å²) in [5.74, 6) is 13.7. The molecule has 0 aliphatic heterocycles. The predicted molar refractivity (Wildman–Crippen MR) is 183 cm³/mol. The Balaban J connectivity index is 1.69. The number of benzene rings is 6. The fraction of sp³-hybridized carbons (Fsp3) is 0.143. The van der Waals surface area contributed by atoms with Crippen LogP contribution in [0.4, 0.5) is 0 Å². The molecule has 0 heterocycles. The molecule has 6 aromatic rings. The van der Waals surface area contributed by atoms with Crippen LogP contribution in [0.5, 0.6) is 11.5 Å². The highest BCUT2D eigenvalue weighted by molar-refractivity contribution is 6.04. The molecule has 0 fully saturated rings. The summed E-state index contributed by atoms with van der Waals surface area (Å²) in [6.45, 7) is 12.4. The quantitative estimate of drug-likeness (QED) is 0.193. The highest BCUT2D eigenvalue weighted by atomic mass is 16.3. The molecule has 0 aromatic heterocycles. The van der Waals surface area contributed by atoms with Gasteiger partial charge in [0.05, 0.1) is 0 Å². The summed E-state index contributed by atoms with van der Waals surface area (Å²) in [6, 6.07) is 27.9. The Morgan fingerprint density at radius 3 is 1.14 bits per heavy atom. The van der Waals surface area contributed by atoms with Crippen LogP contribution in [-0.4, -0.2) is 10.2 Å². The molecule has 44 heavy (non-hydrogen) atoms. The first kappa shape index (κ1) is 28.7. The number of hydrogen-bond acceptors (Lipinski definition) is 2. The van der Waals surface area contributed by atoms with E-state index < -0.39 is 0 Å². The fourth-order valence-corrected chi connectivity index (χ4v) is 6.37. The van der Waals surface area contributed by atoms with Crippen LogP contribution < -0.4 is 0 Å². The SMILES string of the molecule is Cc1cc(C)c(C#Cc2cc3ccccc3c(O)c2-c2c(C#Cc3c(C)cc(C)cc3C)cc3ccccc3c2O)c(C)c1. The second kappa shape index (κ2) is 11.3. The first-order valence-corrected chi connectivity index (χ1v) is 14.8. The lowest BCUT2D eigenvalue weighted by molar-refractivity contribution is 0.475. The number of fused-ring (bicyclic) bond motifs is 2. The molecule has 0 aliphatic carbocycles. The van der Waals surface area contributed by atoms with Crippen molar-refractivity contribution in [3.8, 4) is 46.3 Å². The lowest BCUT2D eigenvalue weighted by Gasteiger charge is -2.16. The zero-order valence-corrected chi connectivity index (χ0v) is 26.0. The minimum Gasteiger partial charge on any atom is -0.507 e. The van der Waals surface area contributed by atoms with E-state index in [1.165, 1.54) is 11.1 Å². The third-order valence-electron chi connectivity index (χ3n) is 8.29. The Kier molecular flexibility index (Phi) is 7.38. The minimum absolute atomic E-state index is 0.0704. The molecule has 0 amide bonds. The van der Waals surface area contributed by atoms with Gasteiger partial charge in [0, 0.05) is 44.2 Å². The molecule has 6 aromatic carbocycles. The van der Waals surface area contributed by atoms with Crippen molar-refractivity contribution < 1.29 is 10.2 Å². The normalized spacial score (nSPS) is 10.8. The molecule has 0 aliphatic rings. The van der Waals surface area contributed by atoms with Gasteiger partial charge in [-0.05, 0) is 86.7 Å². The van der Waals surface area contributed by atoms with E-state index in [-0.39, 0.29) is 11.5 Å². The van der Waals surface area contributed by atoms with E-state index in [4.69, 9.17) is 0 Å². The molecule has 0 atom stereocenters. The average molecular weight is 571 g/mol. The number of aryl methyl sites for hydroxylation is 6. The Morgan fingerprint density at radius 2 is 0.773 bits per heavy atom. The van der Waals surface area contributed by atoms with Crippen LogP contribution in [0.25, 0.3) is 32.7 Å². The summed E-state index contributed by atoms with van der Waals surface area (Å²) in [5, 5.41) is 27.0. The number of hydrogen-bond donors (Lipinski definition) is 2. The van der Waals surface area contributed by atoms with Crippen molar-refractivity contribution in [1.29, 1.82) is 0 Å². The van der Waals surface area contributed by atoms with Crippen molar-refractivity contribution >= 4 is 21.5 Å². The molecule has 2 nitrogen and oxygen atoms in total. The standard InChI is InChI=1S/C42H34O2/c1-25-19-27(3)35(28(4)20-25)17-15-33-23-31-11-7-9-13-37(31)41(43)39(33)40-34(24-32-12-8-10-14-38(32)42(40)44)16-18-36-29(5)21-26(2)22-30(36)6/h7-14,19-24,43-44H,1-6H3. The maximum absolute atomic E-state index is 11.9. The average Bonchev–Trinajstić information content (AvgIpc) is 2.97. The number of aromatic hydroxyl groups is 2. The van der Waals surface area contributed by atoms with Crippen LogP contribution in [0.3, 0.4) is 0 Å². The van der Waals surface area contributed by atoms with Crippen LogP contribution in [0.1, 0.15) is 55.6 Å². The van der Waals surface area contributed by atoms with Crippen LogP contribution >= 0.6 is 0 Å². The van der Waals surface area contributed by atoms with Gasteiger partial charge in [-0.2, -0.15) is 0 Å². The Labute approximate surface area is 259 Å². The minimum atomic E-state index is 0.0704. The Bertz CT molecular complexity index is 2050. The summed E-state index contributed by atoms with van der Waals surface area (Å²) >= 11 is 0. The van der Waals surface area contributed by atoms with Gasteiger partial charge in [0.25, 0.3) is 0 Å². The van der Waals surface area contributed by atoms with Crippen molar-refractivity contribution in [2.24, 2.45) is 0 Å². The van der Waals surface area contributed by atoms with Crippen LogP contribution in [0.15, 0.2) is 84.9 Å². The molecule has 0 unspecified atom stereocenters. The van der Waals surface area contributed by atoms with Crippen LogP contribution in [0.2, 0.25) is 0 Å². The van der Waals surface area contributed by atoms with Gasteiger partial charge in [-0.1, -0.05) is 108 Å². The van der Waals surface area contributed by atoms with Crippen molar-refractivity contribution in [3.63, 3.8) is 0 Å². The second-order valence-electron chi connectivity index (χ2n) is 11.8. The largest absolute Gasteiger partial charge is 0.507 e. The van der Waals surface area contributed by atoms with Gasteiger partial charge in [0.15, 0.2) is 0 Å². The summed E-state index contributed by atoms with van der Waals surface area (Å²) in [6.07, 6.45) is 0. The lowest BCUT2D eigenvalue weighted by atomic mass is 9.88. The van der Waals surface area contributed by atoms with E-state index in [0.29, 0.717) is 33.0 Å². The topological polar surface area (TPSA) is 40.5 Å². The molecular formula is C42H34O2. The number of phenolic OH excluding ortho intramolecular Hbond substituents is 2. The summed E-state index contributed by atoms with van der Waals surface area (Å²) in [7, 11) is 0. The number of phenols is 2. The monoisotopic (exact) mass is 570 g/mol. The van der Waals surface area contributed by atoms with Gasteiger partial charge in [0.1, 0.15) is 11.5 Å². The third kappa shape index (κ3) is 5.17. The van der Waals surface area contributed by atoms with Crippen molar-refractivity contribution in [2.75, 3.05) is 0 Å². The maximum atomic E-state index is 11.9. The number of rotatable bonds is 1. The molecule has 6 rings (SSSR count). The van der Waals surface area contributed by atoms with Crippen LogP contribution in [0, 0.1) is 65.2 Å². The van der Waals surface area contributed by atoms with E-state index in [1.54, 1.807) is 0 Å². The molecule has 0 saturated carbocycles. The molecule has 0 bridgehead atoms. The third-order valence-corrected chi connectivity index (χ3v) is 8.29. The zero-order valence-electron chi connectivity index (χ0n) is 26.0. The van der Waals surface area contributed by atoms with E-state index in [1.807, 2.05) is 60.7 Å². The molecule has 2 heteroatoms. The molecule has 0 radical (unpaired) electrons. The predicted octanol–water partition coefficient (Wildman–Crippen LogP) is 9.72. The molecule has 2 N–H and O–H groups in total. The zero-order chi connectivity index (χ0) is 31.1. The van der Waals surface area contributed by atoms with Gasteiger partial charge in [0.2, 0.25) is 0 Å². The molecule has 0 saturated heterocycles. The maximum Gasteiger partial charge on any atom is 0.132 e. The molecule has 214 valence electrons. The Morgan fingerprint density at radius 1 is 0.432 bits per heavy atom. The van der Waals surface area contributed by atoms with Gasteiger partial charge in [-0.15, -0.1) is 0 Å². The van der Waals surface area contributed by atoms with E-state index >= 15 is 0 Å². The van der Waals surface area contributed by atoms with E-state index in [9.17, 15) is 10.2 Å². The van der Waals surface area contributed by atoms with Gasteiger partial charge < -0.3 is 10.2 Å². The second-order valence-corrected chi connectivity index (χ2v) is 11.8. The van der Waals surface area contributed by atoms with Crippen molar-refractivity contribution in [3.05, 3.63) is 141 Å². The highest BCUT2D eigenvalue weighted by Crippen LogP contribution is 2.46.